The molecule has 0 bridgehead atoms. The van der Waals surface area contributed by atoms with E-state index in [2.05, 4.69) is 49.4 Å². The molecule has 1 saturated carbocycles. The first kappa shape index (κ1) is 8.05. The normalized spacial score (nSPS) is 25.2. The quantitative estimate of drug-likeness (QED) is 0.626. The van der Waals surface area contributed by atoms with E-state index in [1.54, 1.807) is 0 Å². The Morgan fingerprint density at radius 1 is 1.00 bits per heavy atom. The molecule has 2 unspecified atom stereocenters. The molecule has 0 spiro atoms. The molecule has 70 valence electrons. The van der Waals surface area contributed by atoms with Crippen molar-refractivity contribution in [3.05, 3.63) is 48.0 Å². The van der Waals surface area contributed by atoms with Crippen LogP contribution in [0.5, 0.6) is 0 Å². The van der Waals surface area contributed by atoms with Gasteiger partial charge >= 0.3 is 0 Å². The van der Waals surface area contributed by atoms with Crippen LogP contribution in [0.4, 0.5) is 0 Å². The van der Waals surface area contributed by atoms with Gasteiger partial charge in [-0.05, 0) is 34.6 Å². The van der Waals surface area contributed by atoms with E-state index in [4.69, 9.17) is 0 Å². The molecule has 0 radical (unpaired) electrons. The Balaban J connectivity index is 2.11. The Morgan fingerprint density at radius 3 is 2.43 bits per heavy atom. The molecule has 2 aromatic carbocycles. The summed E-state index contributed by atoms with van der Waals surface area (Å²) >= 11 is 0. The van der Waals surface area contributed by atoms with Gasteiger partial charge in [0.2, 0.25) is 0 Å². The lowest BCUT2D eigenvalue weighted by atomic mass is 10.0. The molecular weight excluding hydrogens is 168 g/mol. The summed E-state index contributed by atoms with van der Waals surface area (Å²) in [5.41, 5.74) is 1.52. The van der Waals surface area contributed by atoms with Crippen molar-refractivity contribution in [2.75, 3.05) is 0 Å². The third-order valence-electron chi connectivity index (χ3n) is 3.31. The lowest BCUT2D eigenvalue weighted by Gasteiger charge is -2.01. The van der Waals surface area contributed by atoms with Crippen LogP contribution >= 0.6 is 0 Å². The highest BCUT2D eigenvalue weighted by Gasteiger charge is 2.33. The third kappa shape index (κ3) is 1.22. The molecule has 0 aromatic heterocycles. The molecule has 0 heterocycles. The van der Waals surface area contributed by atoms with E-state index in [1.807, 2.05) is 0 Å². The first-order valence-electron chi connectivity index (χ1n) is 5.33. The molecule has 2 aromatic rings. The largest absolute Gasteiger partial charge is 0.0619 e. The minimum Gasteiger partial charge on any atom is -0.0619 e. The highest BCUT2D eigenvalue weighted by Crippen LogP contribution is 2.47. The molecular formula is C14H14. The molecule has 0 heteroatoms. The molecule has 14 heavy (non-hydrogen) atoms. The molecule has 1 aliphatic carbocycles. The van der Waals surface area contributed by atoms with Gasteiger partial charge in [-0.3, -0.25) is 0 Å². The van der Waals surface area contributed by atoms with E-state index in [9.17, 15) is 0 Å². The summed E-state index contributed by atoms with van der Waals surface area (Å²) in [6.45, 7) is 2.33. The predicted octanol–water partition coefficient (Wildman–Crippen LogP) is 3.96. The van der Waals surface area contributed by atoms with Gasteiger partial charge in [0.15, 0.2) is 0 Å². The van der Waals surface area contributed by atoms with Crippen molar-refractivity contribution in [3.63, 3.8) is 0 Å². The molecule has 1 fully saturated rings. The van der Waals surface area contributed by atoms with E-state index in [0.29, 0.717) is 0 Å². The van der Waals surface area contributed by atoms with Crippen LogP contribution in [0.2, 0.25) is 0 Å². The fourth-order valence-electron chi connectivity index (χ4n) is 2.23. The second-order valence-corrected chi connectivity index (χ2v) is 4.43. The summed E-state index contributed by atoms with van der Waals surface area (Å²) in [6, 6.07) is 15.5. The number of rotatable bonds is 1. The Labute approximate surface area is 84.6 Å². The topological polar surface area (TPSA) is 0 Å². The molecule has 1 aliphatic rings. The molecule has 0 saturated heterocycles. The molecule has 2 atom stereocenters. The summed E-state index contributed by atoms with van der Waals surface area (Å²) in [7, 11) is 0. The number of hydrogen-bond acceptors (Lipinski definition) is 0. The zero-order valence-electron chi connectivity index (χ0n) is 8.40. The lowest BCUT2D eigenvalue weighted by molar-refractivity contribution is 0.916. The third-order valence-corrected chi connectivity index (χ3v) is 3.31. The average Bonchev–Trinajstić information content (AvgIpc) is 2.95. The summed E-state index contributed by atoms with van der Waals surface area (Å²) in [4.78, 5) is 0. The van der Waals surface area contributed by atoms with Crippen LogP contribution in [0.25, 0.3) is 10.8 Å². The molecule has 0 amide bonds. The van der Waals surface area contributed by atoms with E-state index < -0.39 is 0 Å². The Bertz CT molecular complexity index is 470. The number of hydrogen-bond donors (Lipinski definition) is 0. The zero-order chi connectivity index (χ0) is 9.54. The summed E-state index contributed by atoms with van der Waals surface area (Å²) in [5.74, 6) is 1.73. The average molecular weight is 182 g/mol. The van der Waals surface area contributed by atoms with Crippen molar-refractivity contribution in [2.45, 2.75) is 19.3 Å². The van der Waals surface area contributed by atoms with Gasteiger partial charge < -0.3 is 0 Å². The summed E-state index contributed by atoms with van der Waals surface area (Å²) in [5, 5.41) is 2.73. The van der Waals surface area contributed by atoms with Crippen LogP contribution < -0.4 is 0 Å². The lowest BCUT2D eigenvalue weighted by Crippen LogP contribution is -1.81. The highest BCUT2D eigenvalue weighted by molar-refractivity contribution is 5.83. The maximum atomic E-state index is 2.35. The molecule has 0 N–H and O–H groups in total. The first-order valence-corrected chi connectivity index (χ1v) is 5.33. The van der Waals surface area contributed by atoms with Gasteiger partial charge in [-0.2, -0.15) is 0 Å². The highest BCUT2D eigenvalue weighted by atomic mass is 14.4. The van der Waals surface area contributed by atoms with Crippen LogP contribution in [0.1, 0.15) is 24.8 Å². The van der Waals surface area contributed by atoms with Gasteiger partial charge in [0.25, 0.3) is 0 Å². The van der Waals surface area contributed by atoms with Gasteiger partial charge in [0.05, 0.1) is 0 Å². The first-order chi connectivity index (χ1) is 6.84. The van der Waals surface area contributed by atoms with Gasteiger partial charge in [0, 0.05) is 0 Å². The smallest absolute Gasteiger partial charge is 0.0133 e. The maximum Gasteiger partial charge on any atom is -0.0133 e. The van der Waals surface area contributed by atoms with Gasteiger partial charge in [-0.15, -0.1) is 0 Å². The van der Waals surface area contributed by atoms with Crippen molar-refractivity contribution in [1.29, 1.82) is 0 Å². The van der Waals surface area contributed by atoms with Crippen molar-refractivity contribution in [2.24, 2.45) is 5.92 Å². The molecule has 0 aliphatic heterocycles. The van der Waals surface area contributed by atoms with Crippen LogP contribution in [0, 0.1) is 5.92 Å². The van der Waals surface area contributed by atoms with Gasteiger partial charge in [0.1, 0.15) is 0 Å². The maximum absolute atomic E-state index is 2.35. The predicted molar refractivity (Wildman–Crippen MR) is 60.5 cm³/mol. The van der Waals surface area contributed by atoms with Crippen molar-refractivity contribution < 1.29 is 0 Å². The molecule has 3 rings (SSSR count). The fourth-order valence-corrected chi connectivity index (χ4v) is 2.23. The number of fused-ring (bicyclic) bond motifs is 1. The van der Waals surface area contributed by atoms with Crippen LogP contribution in [-0.4, -0.2) is 0 Å². The van der Waals surface area contributed by atoms with Crippen LogP contribution in [0.3, 0.4) is 0 Å². The van der Waals surface area contributed by atoms with E-state index >= 15 is 0 Å². The van der Waals surface area contributed by atoms with Crippen molar-refractivity contribution >= 4 is 10.8 Å². The number of benzene rings is 2. The Kier molecular flexibility index (Phi) is 1.63. The van der Waals surface area contributed by atoms with Crippen LogP contribution in [-0.2, 0) is 0 Å². The minimum absolute atomic E-state index is 0.833. The van der Waals surface area contributed by atoms with Crippen molar-refractivity contribution in [1.82, 2.24) is 0 Å². The Morgan fingerprint density at radius 2 is 1.71 bits per heavy atom. The SMILES string of the molecule is CC1CC1c1ccc2ccccc2c1. The van der Waals surface area contributed by atoms with E-state index in [0.717, 1.165) is 11.8 Å². The van der Waals surface area contributed by atoms with Gasteiger partial charge in [-0.25, -0.2) is 0 Å². The molecule has 0 nitrogen and oxygen atoms in total. The van der Waals surface area contributed by atoms with E-state index in [-0.39, 0.29) is 0 Å². The second-order valence-electron chi connectivity index (χ2n) is 4.43. The van der Waals surface area contributed by atoms with E-state index in [1.165, 1.54) is 22.8 Å². The second kappa shape index (κ2) is 2.84. The monoisotopic (exact) mass is 182 g/mol. The fraction of sp³-hybridized carbons (Fsp3) is 0.286. The van der Waals surface area contributed by atoms with Crippen LogP contribution in [0.15, 0.2) is 42.5 Å². The van der Waals surface area contributed by atoms with Gasteiger partial charge in [-0.1, -0.05) is 49.4 Å². The summed E-state index contributed by atoms with van der Waals surface area (Å²) < 4.78 is 0. The Hall–Kier alpha value is -1.30. The standard InChI is InChI=1S/C14H14/c1-10-8-14(10)13-7-6-11-4-2-3-5-12(11)9-13/h2-7,9-10,14H,8H2,1H3. The zero-order valence-corrected chi connectivity index (χ0v) is 8.40. The summed E-state index contributed by atoms with van der Waals surface area (Å²) in [6.07, 6.45) is 1.37. The van der Waals surface area contributed by atoms with Crippen molar-refractivity contribution in [3.8, 4) is 0 Å². The minimum atomic E-state index is 0.833.